The van der Waals surface area contributed by atoms with Crippen LogP contribution >= 0.6 is 15.9 Å². The van der Waals surface area contributed by atoms with Crippen molar-refractivity contribution in [2.75, 3.05) is 0 Å². The Morgan fingerprint density at radius 1 is 1.35 bits per heavy atom. The van der Waals surface area contributed by atoms with E-state index in [0.717, 1.165) is 29.6 Å². The fourth-order valence-corrected chi connectivity index (χ4v) is 2.86. The predicted molar refractivity (Wildman–Crippen MR) is 85.3 cm³/mol. The molecule has 0 fully saturated rings. The average molecular weight is 337 g/mol. The van der Waals surface area contributed by atoms with Gasteiger partial charge >= 0.3 is 0 Å². The second-order valence-corrected chi connectivity index (χ2v) is 5.81. The predicted octanol–water partition coefficient (Wildman–Crippen LogP) is 2.59. The number of hydrogen-bond donors (Lipinski definition) is 2. The second-order valence-electron chi connectivity index (χ2n) is 4.96. The van der Waals surface area contributed by atoms with Crippen molar-refractivity contribution in [2.45, 2.75) is 39.3 Å². The number of aromatic nitrogens is 2. The smallest absolute Gasteiger partial charge is 0.0596 e. The molecule has 0 aliphatic carbocycles. The van der Waals surface area contributed by atoms with E-state index < -0.39 is 0 Å². The highest BCUT2D eigenvalue weighted by molar-refractivity contribution is 9.10. The summed E-state index contributed by atoms with van der Waals surface area (Å²) in [7, 11) is 0. The minimum atomic E-state index is 0.190. The summed E-state index contributed by atoms with van der Waals surface area (Å²) >= 11 is 3.59. The fraction of sp³-hybridized carbons (Fsp3) is 0.400. The van der Waals surface area contributed by atoms with Crippen molar-refractivity contribution in [3.05, 3.63) is 51.8 Å². The summed E-state index contributed by atoms with van der Waals surface area (Å²) in [5.74, 6) is 5.72. The van der Waals surface area contributed by atoms with Crippen LogP contribution in [0.1, 0.15) is 23.9 Å². The zero-order valence-corrected chi connectivity index (χ0v) is 13.5. The number of hydrazine groups is 1. The molecular formula is C15H21BrN4. The summed E-state index contributed by atoms with van der Waals surface area (Å²) in [5.41, 5.74) is 6.46. The summed E-state index contributed by atoms with van der Waals surface area (Å²) in [6.07, 6.45) is 1.75. The Balaban J connectivity index is 2.11. The van der Waals surface area contributed by atoms with Gasteiger partial charge in [-0.15, -0.1) is 0 Å². The third-order valence-corrected chi connectivity index (χ3v) is 4.17. The molecule has 2 rings (SSSR count). The van der Waals surface area contributed by atoms with Crippen LogP contribution in [0.25, 0.3) is 0 Å². The number of benzene rings is 1. The van der Waals surface area contributed by atoms with Gasteiger partial charge in [-0.2, -0.15) is 5.10 Å². The van der Waals surface area contributed by atoms with E-state index in [9.17, 15) is 0 Å². The van der Waals surface area contributed by atoms with Gasteiger partial charge in [-0.3, -0.25) is 16.0 Å². The van der Waals surface area contributed by atoms with Gasteiger partial charge in [-0.1, -0.05) is 34.1 Å². The van der Waals surface area contributed by atoms with Gasteiger partial charge in [0, 0.05) is 29.2 Å². The van der Waals surface area contributed by atoms with E-state index in [1.807, 2.05) is 23.7 Å². The highest BCUT2D eigenvalue weighted by Gasteiger charge is 2.14. The molecule has 0 aliphatic heterocycles. The van der Waals surface area contributed by atoms with Crippen LogP contribution in [0.2, 0.25) is 0 Å². The highest BCUT2D eigenvalue weighted by Crippen LogP contribution is 2.18. The van der Waals surface area contributed by atoms with Crippen LogP contribution in [-0.2, 0) is 19.4 Å². The molecule has 0 amide bonds. The molecule has 20 heavy (non-hydrogen) atoms. The van der Waals surface area contributed by atoms with E-state index in [2.05, 4.69) is 51.6 Å². The number of nitrogens with one attached hydrogen (secondary N) is 1. The van der Waals surface area contributed by atoms with E-state index >= 15 is 0 Å². The molecule has 1 aromatic heterocycles. The van der Waals surface area contributed by atoms with Gasteiger partial charge in [0.15, 0.2) is 0 Å². The second kappa shape index (κ2) is 7.02. The molecule has 1 aromatic carbocycles. The van der Waals surface area contributed by atoms with Crippen molar-refractivity contribution in [1.82, 2.24) is 15.2 Å². The Hall–Kier alpha value is -1.17. The number of hydrogen-bond acceptors (Lipinski definition) is 3. The van der Waals surface area contributed by atoms with Crippen molar-refractivity contribution < 1.29 is 0 Å². The van der Waals surface area contributed by atoms with Crippen molar-refractivity contribution >= 4 is 15.9 Å². The third-order valence-electron chi connectivity index (χ3n) is 3.40. The fourth-order valence-electron chi connectivity index (χ4n) is 2.41. The van der Waals surface area contributed by atoms with Gasteiger partial charge in [0.2, 0.25) is 0 Å². The molecule has 2 aromatic rings. The van der Waals surface area contributed by atoms with Crippen LogP contribution in [0.4, 0.5) is 0 Å². The lowest BCUT2D eigenvalue weighted by atomic mass is 10.0. The van der Waals surface area contributed by atoms with Gasteiger partial charge in [-0.05, 0) is 38.0 Å². The maximum atomic E-state index is 5.72. The number of rotatable bonds is 6. The van der Waals surface area contributed by atoms with E-state index in [1.165, 1.54) is 11.3 Å². The van der Waals surface area contributed by atoms with E-state index in [1.54, 1.807) is 0 Å². The molecule has 1 atom stereocenters. The van der Waals surface area contributed by atoms with Crippen LogP contribution in [0.3, 0.4) is 0 Å². The van der Waals surface area contributed by atoms with E-state index in [-0.39, 0.29) is 6.04 Å². The molecule has 0 radical (unpaired) electrons. The summed E-state index contributed by atoms with van der Waals surface area (Å²) in [6.45, 7) is 5.01. The molecule has 0 saturated carbocycles. The van der Waals surface area contributed by atoms with E-state index in [4.69, 9.17) is 5.84 Å². The van der Waals surface area contributed by atoms with Crippen molar-refractivity contribution in [3.63, 3.8) is 0 Å². The Morgan fingerprint density at radius 2 is 2.10 bits per heavy atom. The molecule has 0 saturated heterocycles. The maximum Gasteiger partial charge on any atom is 0.0596 e. The van der Waals surface area contributed by atoms with Crippen LogP contribution in [0, 0.1) is 6.92 Å². The van der Waals surface area contributed by atoms with Gasteiger partial charge in [-0.25, -0.2) is 0 Å². The molecule has 0 spiro atoms. The minimum Gasteiger partial charge on any atom is -0.271 e. The Bertz CT molecular complexity index is 565. The zero-order chi connectivity index (χ0) is 14.5. The van der Waals surface area contributed by atoms with Gasteiger partial charge in [0.1, 0.15) is 0 Å². The van der Waals surface area contributed by atoms with Gasteiger partial charge in [0.25, 0.3) is 0 Å². The zero-order valence-electron chi connectivity index (χ0n) is 11.9. The van der Waals surface area contributed by atoms with Crippen LogP contribution < -0.4 is 11.3 Å². The highest BCUT2D eigenvalue weighted by atomic mass is 79.9. The number of nitrogens with zero attached hydrogens (tertiary/aromatic N) is 2. The average Bonchev–Trinajstić information content (AvgIpc) is 2.80. The standard InChI is InChI=1S/C15H21BrN4/c1-3-20-14(8-11(2)19-20)10-13(18-17)9-12-6-4-5-7-15(12)16/h4-8,13,18H,3,9-10,17H2,1-2H3. The first-order valence-corrected chi connectivity index (χ1v) is 7.66. The summed E-state index contributed by atoms with van der Waals surface area (Å²) in [4.78, 5) is 0. The van der Waals surface area contributed by atoms with Crippen LogP contribution in [0.5, 0.6) is 0 Å². The maximum absolute atomic E-state index is 5.72. The summed E-state index contributed by atoms with van der Waals surface area (Å²) < 4.78 is 3.17. The molecule has 3 N–H and O–H groups in total. The molecule has 1 heterocycles. The summed E-state index contributed by atoms with van der Waals surface area (Å²) in [5, 5.41) is 4.48. The summed E-state index contributed by atoms with van der Waals surface area (Å²) in [6, 6.07) is 10.6. The molecule has 5 heteroatoms. The quantitative estimate of drug-likeness (QED) is 0.629. The molecule has 0 bridgehead atoms. The number of nitrogens with two attached hydrogens (primary N) is 1. The molecule has 108 valence electrons. The Labute approximate surface area is 128 Å². The first-order valence-electron chi connectivity index (χ1n) is 6.87. The van der Waals surface area contributed by atoms with Crippen molar-refractivity contribution in [1.29, 1.82) is 0 Å². The largest absolute Gasteiger partial charge is 0.271 e. The number of halogens is 1. The van der Waals surface area contributed by atoms with Crippen molar-refractivity contribution in [2.24, 2.45) is 5.84 Å². The molecular weight excluding hydrogens is 316 g/mol. The van der Waals surface area contributed by atoms with E-state index in [0.29, 0.717) is 0 Å². The van der Waals surface area contributed by atoms with Crippen LogP contribution in [0.15, 0.2) is 34.8 Å². The normalized spacial score (nSPS) is 12.6. The first kappa shape index (κ1) is 15.2. The van der Waals surface area contributed by atoms with Gasteiger partial charge in [0.05, 0.1) is 5.69 Å². The first-order chi connectivity index (χ1) is 9.63. The lowest BCUT2D eigenvalue weighted by molar-refractivity contribution is 0.495. The third kappa shape index (κ3) is 3.69. The monoisotopic (exact) mass is 336 g/mol. The SMILES string of the molecule is CCn1nc(C)cc1CC(Cc1ccccc1Br)NN. The lowest BCUT2D eigenvalue weighted by Gasteiger charge is -2.17. The minimum absolute atomic E-state index is 0.190. The number of aryl methyl sites for hydroxylation is 2. The van der Waals surface area contributed by atoms with Crippen LogP contribution in [-0.4, -0.2) is 15.8 Å². The molecule has 1 unspecified atom stereocenters. The molecule has 4 nitrogen and oxygen atoms in total. The molecule has 0 aliphatic rings. The van der Waals surface area contributed by atoms with Gasteiger partial charge < -0.3 is 0 Å². The Morgan fingerprint density at radius 3 is 2.75 bits per heavy atom. The topological polar surface area (TPSA) is 55.9 Å². The lowest BCUT2D eigenvalue weighted by Crippen LogP contribution is -2.39. The Kier molecular flexibility index (Phi) is 5.34. The van der Waals surface area contributed by atoms with Crippen molar-refractivity contribution in [3.8, 4) is 0 Å².